The molecule has 1 aliphatic rings. The third-order valence-electron chi connectivity index (χ3n) is 3.88. The standard InChI is InChI=1S/C14H22N4O/c1-11-6-8-18(10-12-5-3-4-7-16-12)13(9-15)14(19)17(11)2/h3-5,7,11,13H,6,8-10,15H2,1-2H3. The summed E-state index contributed by atoms with van der Waals surface area (Å²) in [6, 6.07) is 5.87. The zero-order valence-corrected chi connectivity index (χ0v) is 11.6. The Morgan fingerprint density at radius 1 is 1.47 bits per heavy atom. The number of likely N-dealkylation sites (N-methyl/N-ethyl adjacent to an activating group) is 1. The zero-order chi connectivity index (χ0) is 13.8. The molecule has 1 saturated heterocycles. The molecule has 1 aliphatic heterocycles. The Morgan fingerprint density at radius 2 is 2.26 bits per heavy atom. The molecule has 0 aliphatic carbocycles. The van der Waals surface area contributed by atoms with E-state index < -0.39 is 0 Å². The Hall–Kier alpha value is -1.46. The lowest BCUT2D eigenvalue weighted by molar-refractivity contribution is -0.135. The lowest BCUT2D eigenvalue weighted by atomic mass is 10.2. The predicted molar refractivity (Wildman–Crippen MR) is 74.3 cm³/mol. The van der Waals surface area contributed by atoms with Crippen LogP contribution in [0.1, 0.15) is 19.0 Å². The third kappa shape index (κ3) is 3.11. The van der Waals surface area contributed by atoms with E-state index in [4.69, 9.17) is 5.73 Å². The van der Waals surface area contributed by atoms with Gasteiger partial charge in [-0.05, 0) is 25.5 Å². The molecule has 1 aromatic rings. The van der Waals surface area contributed by atoms with Crippen molar-refractivity contribution in [2.24, 2.45) is 5.73 Å². The fourth-order valence-corrected chi connectivity index (χ4v) is 2.45. The van der Waals surface area contributed by atoms with Crippen LogP contribution in [0.15, 0.2) is 24.4 Å². The maximum absolute atomic E-state index is 12.4. The van der Waals surface area contributed by atoms with E-state index in [1.807, 2.05) is 30.1 Å². The number of hydrogen-bond donors (Lipinski definition) is 1. The van der Waals surface area contributed by atoms with Gasteiger partial charge in [0, 0.05) is 38.9 Å². The van der Waals surface area contributed by atoms with Crippen LogP contribution in [-0.2, 0) is 11.3 Å². The molecule has 19 heavy (non-hydrogen) atoms. The lowest BCUT2D eigenvalue weighted by Gasteiger charge is -2.28. The number of aromatic nitrogens is 1. The summed E-state index contributed by atoms with van der Waals surface area (Å²) in [5, 5.41) is 0. The van der Waals surface area contributed by atoms with Crippen LogP contribution in [0.2, 0.25) is 0 Å². The molecule has 0 spiro atoms. The summed E-state index contributed by atoms with van der Waals surface area (Å²) in [7, 11) is 1.86. The van der Waals surface area contributed by atoms with Gasteiger partial charge in [-0.15, -0.1) is 0 Å². The van der Waals surface area contributed by atoms with Gasteiger partial charge in [-0.25, -0.2) is 0 Å². The quantitative estimate of drug-likeness (QED) is 0.859. The lowest BCUT2D eigenvalue weighted by Crippen LogP contribution is -2.49. The number of hydrogen-bond acceptors (Lipinski definition) is 4. The van der Waals surface area contributed by atoms with Gasteiger partial charge in [-0.3, -0.25) is 14.7 Å². The molecule has 1 aromatic heterocycles. The SMILES string of the molecule is CC1CCN(Cc2ccccn2)C(CN)C(=O)N1C. The molecule has 0 aromatic carbocycles. The molecule has 2 heterocycles. The summed E-state index contributed by atoms with van der Waals surface area (Å²) in [5.74, 6) is 0.114. The number of carbonyl (C=O) groups excluding carboxylic acids is 1. The maximum atomic E-state index is 12.4. The monoisotopic (exact) mass is 262 g/mol. The van der Waals surface area contributed by atoms with E-state index in [1.54, 1.807) is 6.20 Å². The number of amides is 1. The van der Waals surface area contributed by atoms with Crippen molar-refractivity contribution in [3.05, 3.63) is 30.1 Å². The summed E-state index contributed by atoms with van der Waals surface area (Å²) < 4.78 is 0. The van der Waals surface area contributed by atoms with Gasteiger partial charge in [0.1, 0.15) is 6.04 Å². The molecule has 104 valence electrons. The highest BCUT2D eigenvalue weighted by molar-refractivity contribution is 5.82. The second-order valence-electron chi connectivity index (χ2n) is 5.13. The average Bonchev–Trinajstić information content (AvgIpc) is 2.53. The first kappa shape index (κ1) is 14.0. The highest BCUT2D eigenvalue weighted by Gasteiger charge is 2.32. The molecule has 0 saturated carbocycles. The molecule has 0 radical (unpaired) electrons. The van der Waals surface area contributed by atoms with Crippen LogP contribution in [0.25, 0.3) is 0 Å². The molecule has 2 N–H and O–H groups in total. The molecular formula is C14H22N4O. The Kier molecular flexibility index (Phi) is 4.50. The van der Waals surface area contributed by atoms with Gasteiger partial charge < -0.3 is 10.6 Å². The maximum Gasteiger partial charge on any atom is 0.241 e. The first-order valence-corrected chi connectivity index (χ1v) is 6.74. The highest BCUT2D eigenvalue weighted by atomic mass is 16.2. The molecule has 5 nitrogen and oxygen atoms in total. The van der Waals surface area contributed by atoms with Crippen LogP contribution in [0.4, 0.5) is 0 Å². The molecule has 1 fully saturated rings. The highest BCUT2D eigenvalue weighted by Crippen LogP contribution is 2.16. The fraction of sp³-hybridized carbons (Fsp3) is 0.571. The van der Waals surface area contributed by atoms with Crippen LogP contribution in [0.5, 0.6) is 0 Å². The van der Waals surface area contributed by atoms with Gasteiger partial charge in [0.05, 0.1) is 5.69 Å². The van der Waals surface area contributed by atoms with Crippen LogP contribution < -0.4 is 5.73 Å². The number of carbonyl (C=O) groups is 1. The van der Waals surface area contributed by atoms with E-state index in [-0.39, 0.29) is 18.0 Å². The van der Waals surface area contributed by atoms with Crippen molar-refractivity contribution in [3.63, 3.8) is 0 Å². The topological polar surface area (TPSA) is 62.5 Å². The third-order valence-corrected chi connectivity index (χ3v) is 3.88. The summed E-state index contributed by atoms with van der Waals surface area (Å²) >= 11 is 0. The summed E-state index contributed by atoms with van der Waals surface area (Å²) in [4.78, 5) is 20.7. The minimum atomic E-state index is -0.239. The van der Waals surface area contributed by atoms with Crippen molar-refractivity contribution in [2.75, 3.05) is 20.1 Å². The first-order valence-electron chi connectivity index (χ1n) is 6.74. The van der Waals surface area contributed by atoms with Gasteiger partial charge in [-0.2, -0.15) is 0 Å². The van der Waals surface area contributed by atoms with Gasteiger partial charge in [0.15, 0.2) is 0 Å². The fourth-order valence-electron chi connectivity index (χ4n) is 2.45. The van der Waals surface area contributed by atoms with E-state index in [9.17, 15) is 4.79 Å². The number of rotatable bonds is 3. The van der Waals surface area contributed by atoms with Crippen LogP contribution in [0.3, 0.4) is 0 Å². The Balaban J connectivity index is 2.16. The molecule has 2 unspecified atom stereocenters. The molecule has 0 bridgehead atoms. The van der Waals surface area contributed by atoms with Gasteiger partial charge in [0.2, 0.25) is 5.91 Å². The van der Waals surface area contributed by atoms with Crippen molar-refractivity contribution >= 4 is 5.91 Å². The zero-order valence-electron chi connectivity index (χ0n) is 11.6. The largest absolute Gasteiger partial charge is 0.342 e. The van der Waals surface area contributed by atoms with Gasteiger partial charge in [-0.1, -0.05) is 6.07 Å². The second kappa shape index (κ2) is 6.12. The summed E-state index contributed by atoms with van der Waals surface area (Å²) in [5.41, 5.74) is 6.78. The molecule has 1 amide bonds. The van der Waals surface area contributed by atoms with Crippen LogP contribution in [0, 0.1) is 0 Å². The summed E-state index contributed by atoms with van der Waals surface area (Å²) in [6.07, 6.45) is 2.74. The van der Waals surface area contributed by atoms with Gasteiger partial charge in [0.25, 0.3) is 0 Å². The predicted octanol–water partition coefficient (Wildman–Crippen LogP) is 0.462. The van der Waals surface area contributed by atoms with E-state index in [1.165, 1.54) is 0 Å². The van der Waals surface area contributed by atoms with Crippen molar-refractivity contribution in [1.82, 2.24) is 14.8 Å². The Morgan fingerprint density at radius 3 is 2.89 bits per heavy atom. The summed E-state index contributed by atoms with van der Waals surface area (Å²) in [6.45, 7) is 3.98. The molecule has 5 heteroatoms. The van der Waals surface area contributed by atoms with Crippen molar-refractivity contribution in [3.8, 4) is 0 Å². The second-order valence-corrected chi connectivity index (χ2v) is 5.13. The number of pyridine rings is 1. The van der Waals surface area contributed by atoms with Crippen LogP contribution in [-0.4, -0.2) is 52.9 Å². The minimum absolute atomic E-state index is 0.114. The van der Waals surface area contributed by atoms with Crippen molar-refractivity contribution in [2.45, 2.75) is 32.0 Å². The average molecular weight is 262 g/mol. The Bertz CT molecular complexity index is 423. The van der Waals surface area contributed by atoms with Crippen molar-refractivity contribution in [1.29, 1.82) is 0 Å². The number of nitrogens with two attached hydrogens (primary N) is 1. The minimum Gasteiger partial charge on any atom is -0.342 e. The van der Waals surface area contributed by atoms with E-state index in [0.717, 1.165) is 18.7 Å². The smallest absolute Gasteiger partial charge is 0.241 e. The first-order chi connectivity index (χ1) is 9.13. The van der Waals surface area contributed by atoms with Gasteiger partial charge >= 0.3 is 0 Å². The molecule has 2 rings (SSSR count). The van der Waals surface area contributed by atoms with Crippen LogP contribution >= 0.6 is 0 Å². The van der Waals surface area contributed by atoms with E-state index in [0.29, 0.717) is 13.1 Å². The van der Waals surface area contributed by atoms with E-state index >= 15 is 0 Å². The normalized spacial score (nSPS) is 25.4. The Labute approximate surface area is 114 Å². The van der Waals surface area contributed by atoms with Crippen molar-refractivity contribution < 1.29 is 4.79 Å². The number of nitrogens with zero attached hydrogens (tertiary/aromatic N) is 3. The van der Waals surface area contributed by atoms with E-state index in [2.05, 4.69) is 16.8 Å². The molecule has 2 atom stereocenters. The molecular weight excluding hydrogens is 240 g/mol.